The fourth-order valence-electron chi connectivity index (χ4n) is 2.02. The molecular formula is C9H19NO. The van der Waals surface area contributed by atoms with Crippen LogP contribution in [0.5, 0.6) is 0 Å². The van der Waals surface area contributed by atoms with Gasteiger partial charge in [-0.15, -0.1) is 0 Å². The Bertz CT molecular complexity index is 142. The summed E-state index contributed by atoms with van der Waals surface area (Å²) in [5, 5.41) is 9.63. The van der Waals surface area contributed by atoms with E-state index in [1.54, 1.807) is 0 Å². The van der Waals surface area contributed by atoms with E-state index in [0.717, 1.165) is 13.0 Å². The maximum atomic E-state index is 9.63. The highest BCUT2D eigenvalue weighted by molar-refractivity contribution is 4.96. The summed E-state index contributed by atoms with van der Waals surface area (Å²) in [6.45, 7) is 9.63. The molecular weight excluding hydrogens is 138 g/mol. The van der Waals surface area contributed by atoms with Crippen molar-refractivity contribution in [3.8, 4) is 0 Å². The lowest BCUT2D eigenvalue weighted by atomic mass is 9.98. The van der Waals surface area contributed by atoms with Crippen molar-refractivity contribution in [1.29, 1.82) is 0 Å². The molecule has 0 aromatic heterocycles. The number of aliphatic hydroxyl groups is 1. The molecule has 0 aromatic carbocycles. The number of hydrogen-bond acceptors (Lipinski definition) is 2. The molecule has 0 aromatic rings. The molecule has 0 spiro atoms. The van der Waals surface area contributed by atoms with Crippen LogP contribution in [0.25, 0.3) is 0 Å². The van der Waals surface area contributed by atoms with E-state index in [0.29, 0.717) is 6.04 Å². The number of nitrogens with zero attached hydrogens (tertiary/aromatic N) is 1. The summed E-state index contributed by atoms with van der Waals surface area (Å²) in [5.41, 5.74) is -0.0197. The van der Waals surface area contributed by atoms with Crippen LogP contribution in [-0.2, 0) is 0 Å². The quantitative estimate of drug-likeness (QED) is 0.619. The van der Waals surface area contributed by atoms with Crippen molar-refractivity contribution in [2.45, 2.75) is 51.8 Å². The smallest absolute Gasteiger partial charge is 0.0730 e. The molecule has 1 fully saturated rings. The van der Waals surface area contributed by atoms with Gasteiger partial charge in [-0.05, 0) is 34.1 Å². The molecule has 1 saturated heterocycles. The zero-order valence-corrected chi connectivity index (χ0v) is 7.96. The number of rotatable bonds is 1. The van der Waals surface area contributed by atoms with Gasteiger partial charge < -0.3 is 5.11 Å². The van der Waals surface area contributed by atoms with Crippen LogP contribution in [0.15, 0.2) is 0 Å². The van der Waals surface area contributed by atoms with Gasteiger partial charge in [0.25, 0.3) is 0 Å². The Morgan fingerprint density at radius 2 is 2.00 bits per heavy atom. The van der Waals surface area contributed by atoms with Gasteiger partial charge in [0.05, 0.1) is 6.10 Å². The normalized spacial score (nSPS) is 31.6. The minimum absolute atomic E-state index is 0.0197. The predicted molar refractivity (Wildman–Crippen MR) is 46.5 cm³/mol. The fourth-order valence-corrected chi connectivity index (χ4v) is 2.02. The molecule has 2 nitrogen and oxygen atoms in total. The summed E-state index contributed by atoms with van der Waals surface area (Å²) >= 11 is 0. The summed E-state index contributed by atoms with van der Waals surface area (Å²) in [4.78, 5) is 2.36. The lowest BCUT2D eigenvalue weighted by Gasteiger charge is -2.36. The first-order valence-corrected chi connectivity index (χ1v) is 4.41. The van der Waals surface area contributed by atoms with E-state index in [1.807, 2.05) is 0 Å². The summed E-state index contributed by atoms with van der Waals surface area (Å²) in [6, 6.07) is 0.544. The number of hydrogen-bond donors (Lipinski definition) is 1. The summed E-state index contributed by atoms with van der Waals surface area (Å²) in [6.07, 6.45) is 0.774. The Hall–Kier alpha value is -0.0800. The monoisotopic (exact) mass is 157 g/mol. The van der Waals surface area contributed by atoms with Crippen LogP contribution in [0.1, 0.15) is 34.1 Å². The minimum atomic E-state index is -0.148. The summed E-state index contributed by atoms with van der Waals surface area (Å²) < 4.78 is 0. The molecule has 2 heteroatoms. The maximum absolute atomic E-state index is 9.63. The molecule has 0 bridgehead atoms. The van der Waals surface area contributed by atoms with Crippen LogP contribution in [0.2, 0.25) is 0 Å². The highest BCUT2D eigenvalue weighted by Crippen LogP contribution is 2.30. The molecule has 1 atom stereocenters. The first-order chi connectivity index (χ1) is 4.96. The Morgan fingerprint density at radius 1 is 1.45 bits per heavy atom. The zero-order chi connectivity index (χ0) is 8.65. The molecule has 1 N–H and O–H groups in total. The first kappa shape index (κ1) is 9.01. The average molecular weight is 157 g/mol. The number of likely N-dealkylation sites (tertiary alicyclic amines) is 1. The van der Waals surface area contributed by atoms with Crippen LogP contribution >= 0.6 is 0 Å². The Kier molecular flexibility index (Phi) is 2.26. The van der Waals surface area contributed by atoms with Crippen molar-refractivity contribution < 1.29 is 5.11 Å². The van der Waals surface area contributed by atoms with E-state index >= 15 is 0 Å². The summed E-state index contributed by atoms with van der Waals surface area (Å²) in [7, 11) is 0. The standard InChI is InChI=1S/C9H19NO/c1-7(2)10-6-5-8(11)9(10,3)4/h7-8,11H,5-6H2,1-4H3. The summed E-state index contributed by atoms with van der Waals surface area (Å²) in [5.74, 6) is 0. The topological polar surface area (TPSA) is 23.5 Å². The molecule has 0 radical (unpaired) electrons. The zero-order valence-electron chi connectivity index (χ0n) is 7.96. The van der Waals surface area contributed by atoms with Crippen LogP contribution in [0.4, 0.5) is 0 Å². The van der Waals surface area contributed by atoms with Crippen molar-refractivity contribution in [3.05, 3.63) is 0 Å². The van der Waals surface area contributed by atoms with Gasteiger partial charge in [0.15, 0.2) is 0 Å². The molecule has 1 unspecified atom stereocenters. The third-order valence-corrected chi connectivity index (χ3v) is 2.82. The van der Waals surface area contributed by atoms with Crippen LogP contribution in [-0.4, -0.2) is 34.2 Å². The first-order valence-electron chi connectivity index (χ1n) is 4.41. The average Bonchev–Trinajstić information content (AvgIpc) is 2.08. The van der Waals surface area contributed by atoms with Crippen molar-refractivity contribution >= 4 is 0 Å². The fraction of sp³-hybridized carbons (Fsp3) is 1.00. The largest absolute Gasteiger partial charge is 0.391 e. The second-order valence-corrected chi connectivity index (χ2v) is 4.25. The lowest BCUT2D eigenvalue weighted by Crippen LogP contribution is -2.48. The lowest BCUT2D eigenvalue weighted by molar-refractivity contribution is 0.0385. The molecule has 66 valence electrons. The molecule has 1 rings (SSSR count). The Balaban J connectivity index is 2.70. The highest BCUT2D eigenvalue weighted by Gasteiger charge is 2.40. The van der Waals surface area contributed by atoms with Gasteiger partial charge in [-0.1, -0.05) is 0 Å². The van der Waals surface area contributed by atoms with Crippen LogP contribution in [0, 0.1) is 0 Å². The van der Waals surface area contributed by atoms with Crippen molar-refractivity contribution in [2.24, 2.45) is 0 Å². The van der Waals surface area contributed by atoms with Crippen LogP contribution < -0.4 is 0 Å². The van der Waals surface area contributed by atoms with Gasteiger partial charge in [-0.3, -0.25) is 4.90 Å². The maximum Gasteiger partial charge on any atom is 0.0730 e. The predicted octanol–water partition coefficient (Wildman–Crippen LogP) is 1.24. The molecule has 0 aliphatic carbocycles. The van der Waals surface area contributed by atoms with Gasteiger partial charge in [-0.25, -0.2) is 0 Å². The Labute approximate surface area is 69.2 Å². The molecule has 1 aliphatic rings. The highest BCUT2D eigenvalue weighted by atomic mass is 16.3. The second kappa shape index (κ2) is 2.76. The molecule has 0 saturated carbocycles. The minimum Gasteiger partial charge on any atom is -0.391 e. The third kappa shape index (κ3) is 1.42. The van der Waals surface area contributed by atoms with E-state index in [1.165, 1.54) is 0 Å². The van der Waals surface area contributed by atoms with Crippen molar-refractivity contribution in [2.75, 3.05) is 6.54 Å². The van der Waals surface area contributed by atoms with Gasteiger partial charge in [-0.2, -0.15) is 0 Å². The van der Waals surface area contributed by atoms with Gasteiger partial charge in [0.2, 0.25) is 0 Å². The SMILES string of the molecule is CC(C)N1CCC(O)C1(C)C. The van der Waals surface area contributed by atoms with Crippen LogP contribution in [0.3, 0.4) is 0 Å². The molecule has 11 heavy (non-hydrogen) atoms. The molecule has 1 aliphatic heterocycles. The van der Waals surface area contributed by atoms with Crippen molar-refractivity contribution in [3.63, 3.8) is 0 Å². The molecule has 1 heterocycles. The van der Waals surface area contributed by atoms with E-state index in [4.69, 9.17) is 0 Å². The van der Waals surface area contributed by atoms with E-state index in [-0.39, 0.29) is 11.6 Å². The molecule has 0 amide bonds. The van der Waals surface area contributed by atoms with Gasteiger partial charge in [0.1, 0.15) is 0 Å². The van der Waals surface area contributed by atoms with E-state index in [2.05, 4.69) is 32.6 Å². The van der Waals surface area contributed by atoms with Crippen molar-refractivity contribution in [1.82, 2.24) is 4.90 Å². The van der Waals surface area contributed by atoms with Gasteiger partial charge in [0, 0.05) is 18.1 Å². The third-order valence-electron chi connectivity index (χ3n) is 2.82. The second-order valence-electron chi connectivity index (χ2n) is 4.25. The Morgan fingerprint density at radius 3 is 2.18 bits per heavy atom. The number of aliphatic hydroxyl groups excluding tert-OH is 1. The van der Waals surface area contributed by atoms with Gasteiger partial charge >= 0.3 is 0 Å². The van der Waals surface area contributed by atoms with E-state index < -0.39 is 0 Å². The van der Waals surface area contributed by atoms with E-state index in [9.17, 15) is 5.11 Å².